The Hall–Kier alpha value is -3.94. The molecule has 4 rings (SSSR count). The number of nitrogens with zero attached hydrogens (tertiary/aromatic N) is 6. The molecule has 6 nitrogen and oxygen atoms in total. The number of aromatic nitrogens is 4. The van der Waals surface area contributed by atoms with Crippen LogP contribution in [0, 0.1) is 29.6 Å². The summed E-state index contributed by atoms with van der Waals surface area (Å²) in [7, 11) is 0. The fraction of sp³-hybridized carbons (Fsp3) is 0.0833. The second-order valence-corrected chi connectivity index (χ2v) is 7.05. The van der Waals surface area contributed by atoms with Gasteiger partial charge in [0, 0.05) is 28.9 Å². The zero-order valence-corrected chi connectivity index (χ0v) is 18.3. The maximum Gasteiger partial charge on any atom is 0.116 e. The number of halogens is 1. The molecule has 0 bridgehead atoms. The second kappa shape index (κ2) is 10.7. The third-order valence-corrected chi connectivity index (χ3v) is 5.02. The quantitative estimate of drug-likeness (QED) is 0.381. The number of benzene rings is 2. The van der Waals surface area contributed by atoms with Crippen molar-refractivity contribution < 1.29 is 0 Å². The summed E-state index contributed by atoms with van der Waals surface area (Å²) >= 11 is 3.39. The lowest BCUT2D eigenvalue weighted by molar-refractivity contribution is 1.16. The number of aryl methyl sites for hydroxylation is 1. The molecule has 0 fully saturated rings. The van der Waals surface area contributed by atoms with Crippen molar-refractivity contribution in [2.75, 3.05) is 0 Å². The average Bonchev–Trinajstić information content (AvgIpc) is 2.85. The third-order valence-electron chi connectivity index (χ3n) is 4.37. The first-order valence-electron chi connectivity index (χ1n) is 9.28. The van der Waals surface area contributed by atoms with Gasteiger partial charge in [-0.25, -0.2) is 19.9 Å². The van der Waals surface area contributed by atoms with E-state index in [1.54, 1.807) is 0 Å². The maximum atomic E-state index is 8.94. The minimum Gasteiger partial charge on any atom is -0.243 e. The predicted molar refractivity (Wildman–Crippen MR) is 122 cm³/mol. The molecule has 0 aliphatic carbocycles. The normalized spacial score (nSPS) is 9.68. The van der Waals surface area contributed by atoms with Crippen LogP contribution in [0.25, 0.3) is 22.5 Å². The van der Waals surface area contributed by atoms with Crippen LogP contribution in [0.4, 0.5) is 0 Å². The monoisotopic (exact) mass is 468 g/mol. The van der Waals surface area contributed by atoms with Gasteiger partial charge in [0.25, 0.3) is 0 Å². The van der Waals surface area contributed by atoms with Crippen molar-refractivity contribution in [2.24, 2.45) is 0 Å². The number of nitriles is 2. The first kappa shape index (κ1) is 21.8. The first-order valence-corrected chi connectivity index (χ1v) is 10.4. The van der Waals surface area contributed by atoms with Crippen molar-refractivity contribution in [1.29, 1.82) is 10.5 Å². The maximum absolute atomic E-state index is 8.94. The minimum absolute atomic E-state index is 0.495. The van der Waals surface area contributed by atoms with E-state index >= 15 is 0 Å². The molecular formula is C24H17BrN6. The van der Waals surface area contributed by atoms with Crippen LogP contribution in [0.3, 0.4) is 0 Å². The average molecular weight is 469 g/mol. The van der Waals surface area contributed by atoms with Crippen LogP contribution in [-0.2, 0) is 5.33 Å². The summed E-state index contributed by atoms with van der Waals surface area (Å²) in [5.41, 5.74) is 6.62. The lowest BCUT2D eigenvalue weighted by Gasteiger charge is -2.02. The van der Waals surface area contributed by atoms with Gasteiger partial charge in [0.05, 0.1) is 22.5 Å². The topological polar surface area (TPSA) is 99.1 Å². The predicted octanol–water partition coefficient (Wildman–Crippen LogP) is 5.23. The standard InChI is InChI=1S/C12H8BrN3.C12H9N3/c13-5-9-1-3-10(4-2-9)12-11(6-14)7-15-8-16-12;1-9-2-4-10(5-3-9)12-11(6-13)7-14-8-15-12/h1-4,7-8H,5H2;2-5,7-8H,1H3. The fourth-order valence-electron chi connectivity index (χ4n) is 2.75. The van der Waals surface area contributed by atoms with Gasteiger partial charge in [0.15, 0.2) is 0 Å². The molecule has 0 aliphatic heterocycles. The number of hydrogen-bond donors (Lipinski definition) is 0. The number of alkyl halides is 1. The first-order chi connectivity index (χ1) is 15.2. The molecular weight excluding hydrogens is 452 g/mol. The van der Waals surface area contributed by atoms with Crippen molar-refractivity contribution >= 4 is 15.9 Å². The highest BCUT2D eigenvalue weighted by Gasteiger charge is 2.06. The summed E-state index contributed by atoms with van der Waals surface area (Å²) in [6.45, 7) is 2.02. The number of rotatable bonds is 3. The molecule has 7 heteroatoms. The lowest BCUT2D eigenvalue weighted by Crippen LogP contribution is -1.90. The largest absolute Gasteiger partial charge is 0.243 e. The Morgan fingerprint density at radius 1 is 0.742 bits per heavy atom. The molecule has 150 valence electrons. The van der Waals surface area contributed by atoms with Gasteiger partial charge < -0.3 is 0 Å². The van der Waals surface area contributed by atoms with Gasteiger partial charge in [-0.1, -0.05) is 70.0 Å². The summed E-state index contributed by atoms with van der Waals surface area (Å²) in [6.07, 6.45) is 5.97. The van der Waals surface area contributed by atoms with Crippen molar-refractivity contribution in [3.8, 4) is 34.7 Å². The minimum atomic E-state index is 0.495. The van der Waals surface area contributed by atoms with E-state index in [-0.39, 0.29) is 0 Å². The molecule has 2 aromatic heterocycles. The molecule has 0 saturated carbocycles. The summed E-state index contributed by atoms with van der Waals surface area (Å²) in [5, 5.41) is 18.7. The van der Waals surface area contributed by atoms with Crippen LogP contribution < -0.4 is 0 Å². The fourth-order valence-corrected chi connectivity index (χ4v) is 3.12. The van der Waals surface area contributed by atoms with E-state index < -0.39 is 0 Å². The zero-order valence-electron chi connectivity index (χ0n) is 16.7. The highest BCUT2D eigenvalue weighted by molar-refractivity contribution is 9.08. The lowest BCUT2D eigenvalue weighted by atomic mass is 10.1. The van der Waals surface area contributed by atoms with Gasteiger partial charge in [-0.15, -0.1) is 0 Å². The van der Waals surface area contributed by atoms with Gasteiger partial charge >= 0.3 is 0 Å². The Labute approximate surface area is 189 Å². The molecule has 0 N–H and O–H groups in total. The molecule has 0 aliphatic rings. The SMILES string of the molecule is Cc1ccc(-c2ncncc2C#N)cc1.N#Cc1cncnc1-c1ccc(CBr)cc1. The summed E-state index contributed by atoms with van der Waals surface area (Å²) in [4.78, 5) is 15.9. The molecule has 0 radical (unpaired) electrons. The van der Waals surface area contributed by atoms with Crippen molar-refractivity contribution in [1.82, 2.24) is 19.9 Å². The van der Waals surface area contributed by atoms with Gasteiger partial charge in [-0.2, -0.15) is 10.5 Å². The van der Waals surface area contributed by atoms with E-state index in [9.17, 15) is 0 Å². The molecule has 4 aromatic rings. The molecule has 0 amide bonds. The molecule has 31 heavy (non-hydrogen) atoms. The van der Waals surface area contributed by atoms with E-state index in [0.717, 1.165) is 16.5 Å². The van der Waals surface area contributed by atoms with Gasteiger partial charge in [0.1, 0.15) is 24.8 Å². The molecule has 0 unspecified atom stereocenters. The van der Waals surface area contributed by atoms with Crippen LogP contribution in [0.15, 0.2) is 73.6 Å². The van der Waals surface area contributed by atoms with Crippen LogP contribution in [0.2, 0.25) is 0 Å². The highest BCUT2D eigenvalue weighted by Crippen LogP contribution is 2.21. The Kier molecular flexibility index (Phi) is 7.53. The Bertz CT molecular complexity index is 1240. The Morgan fingerprint density at radius 3 is 1.61 bits per heavy atom. The van der Waals surface area contributed by atoms with Crippen molar-refractivity contribution in [2.45, 2.75) is 12.3 Å². The van der Waals surface area contributed by atoms with E-state index in [1.165, 1.54) is 36.2 Å². The Morgan fingerprint density at radius 2 is 1.19 bits per heavy atom. The summed E-state index contributed by atoms with van der Waals surface area (Å²) in [6, 6.07) is 20.0. The van der Waals surface area contributed by atoms with E-state index in [2.05, 4.69) is 48.0 Å². The third kappa shape index (κ3) is 5.57. The van der Waals surface area contributed by atoms with E-state index in [0.29, 0.717) is 22.5 Å². The van der Waals surface area contributed by atoms with Crippen LogP contribution in [0.1, 0.15) is 22.3 Å². The van der Waals surface area contributed by atoms with Gasteiger partial charge in [-0.05, 0) is 12.5 Å². The summed E-state index contributed by atoms with van der Waals surface area (Å²) < 4.78 is 0. The molecule has 0 saturated heterocycles. The van der Waals surface area contributed by atoms with E-state index in [4.69, 9.17) is 10.5 Å². The highest BCUT2D eigenvalue weighted by atomic mass is 79.9. The van der Waals surface area contributed by atoms with Gasteiger partial charge in [0.2, 0.25) is 0 Å². The summed E-state index contributed by atoms with van der Waals surface area (Å²) in [5.74, 6) is 0. The molecule has 2 aromatic carbocycles. The second-order valence-electron chi connectivity index (χ2n) is 6.49. The molecule has 2 heterocycles. The van der Waals surface area contributed by atoms with Crippen molar-refractivity contribution in [3.05, 3.63) is 95.8 Å². The van der Waals surface area contributed by atoms with Crippen molar-refractivity contribution in [3.63, 3.8) is 0 Å². The van der Waals surface area contributed by atoms with Gasteiger partial charge in [-0.3, -0.25) is 0 Å². The van der Waals surface area contributed by atoms with Crippen LogP contribution >= 0.6 is 15.9 Å². The number of hydrogen-bond acceptors (Lipinski definition) is 6. The Balaban J connectivity index is 0.000000176. The molecule has 0 spiro atoms. The molecule has 0 atom stereocenters. The van der Waals surface area contributed by atoms with Crippen LogP contribution in [0.5, 0.6) is 0 Å². The van der Waals surface area contributed by atoms with E-state index in [1.807, 2.05) is 55.5 Å². The zero-order chi connectivity index (χ0) is 22.1. The van der Waals surface area contributed by atoms with Crippen LogP contribution in [-0.4, -0.2) is 19.9 Å². The smallest absolute Gasteiger partial charge is 0.116 e.